The maximum atomic E-state index is 5.94. The lowest BCUT2D eigenvalue weighted by Crippen LogP contribution is -2.11. The Morgan fingerprint density at radius 3 is 2.57 bits per heavy atom. The van der Waals surface area contributed by atoms with E-state index in [4.69, 9.17) is 28.9 Å². The Kier molecular flexibility index (Phi) is 2.82. The zero-order valence-electron chi connectivity index (χ0n) is 7.63. The molecule has 0 saturated heterocycles. The van der Waals surface area contributed by atoms with Crippen molar-refractivity contribution in [2.24, 2.45) is 5.73 Å². The zero-order valence-corrected chi connectivity index (χ0v) is 9.15. The highest BCUT2D eigenvalue weighted by atomic mass is 35.5. The van der Waals surface area contributed by atoms with Gasteiger partial charge >= 0.3 is 0 Å². The smallest absolute Gasteiger partial charge is 0.0598 e. The SMILES string of the molecule is NC1C=C(c2ccc(Cl)c(Cl)c2)CC1. The van der Waals surface area contributed by atoms with Crippen molar-refractivity contribution in [2.75, 3.05) is 0 Å². The van der Waals surface area contributed by atoms with Gasteiger partial charge in [-0.2, -0.15) is 0 Å². The van der Waals surface area contributed by atoms with Gasteiger partial charge in [0.15, 0.2) is 0 Å². The van der Waals surface area contributed by atoms with Gasteiger partial charge in [-0.05, 0) is 36.1 Å². The van der Waals surface area contributed by atoms with E-state index in [-0.39, 0.29) is 6.04 Å². The lowest BCUT2D eigenvalue weighted by molar-refractivity contribution is 0.782. The van der Waals surface area contributed by atoms with E-state index >= 15 is 0 Å². The standard InChI is InChI=1S/C11H11Cl2N/c12-10-4-2-8(6-11(10)13)7-1-3-9(14)5-7/h2,4-6,9H,1,3,14H2. The Hall–Kier alpha value is -0.500. The highest BCUT2D eigenvalue weighted by molar-refractivity contribution is 6.42. The molecular weight excluding hydrogens is 217 g/mol. The summed E-state index contributed by atoms with van der Waals surface area (Å²) in [6, 6.07) is 5.90. The lowest BCUT2D eigenvalue weighted by Gasteiger charge is -2.03. The summed E-state index contributed by atoms with van der Waals surface area (Å²) < 4.78 is 0. The van der Waals surface area contributed by atoms with E-state index in [0.717, 1.165) is 18.4 Å². The van der Waals surface area contributed by atoms with Gasteiger partial charge in [0.1, 0.15) is 0 Å². The van der Waals surface area contributed by atoms with Crippen LogP contribution in [0.2, 0.25) is 10.0 Å². The van der Waals surface area contributed by atoms with Crippen LogP contribution in [0.1, 0.15) is 18.4 Å². The molecule has 3 heteroatoms. The summed E-state index contributed by atoms with van der Waals surface area (Å²) in [7, 11) is 0. The van der Waals surface area contributed by atoms with Crippen molar-refractivity contribution in [3.63, 3.8) is 0 Å². The molecule has 0 heterocycles. The van der Waals surface area contributed by atoms with Crippen LogP contribution >= 0.6 is 23.2 Å². The second-order valence-electron chi connectivity index (χ2n) is 3.52. The minimum atomic E-state index is 0.194. The first kappa shape index (κ1) is 10.0. The molecule has 1 atom stereocenters. The molecule has 1 aliphatic rings. The van der Waals surface area contributed by atoms with E-state index < -0.39 is 0 Å². The Bertz CT molecular complexity index is 385. The van der Waals surface area contributed by atoms with E-state index in [0.29, 0.717) is 10.0 Å². The predicted octanol–water partition coefficient (Wildman–Crippen LogP) is 3.50. The van der Waals surface area contributed by atoms with Crippen molar-refractivity contribution in [1.29, 1.82) is 0 Å². The summed E-state index contributed by atoms with van der Waals surface area (Å²) in [5, 5.41) is 1.20. The van der Waals surface area contributed by atoms with Crippen LogP contribution in [0.4, 0.5) is 0 Å². The van der Waals surface area contributed by atoms with Crippen LogP contribution in [0.25, 0.3) is 5.57 Å². The van der Waals surface area contributed by atoms with E-state index in [1.165, 1.54) is 5.57 Å². The fraction of sp³-hybridized carbons (Fsp3) is 0.273. The van der Waals surface area contributed by atoms with Crippen molar-refractivity contribution in [3.05, 3.63) is 39.9 Å². The third-order valence-electron chi connectivity index (χ3n) is 2.45. The third kappa shape index (κ3) is 1.95. The van der Waals surface area contributed by atoms with Crippen LogP contribution in [0.15, 0.2) is 24.3 Å². The van der Waals surface area contributed by atoms with Crippen LogP contribution in [-0.2, 0) is 0 Å². The molecule has 0 aliphatic heterocycles. The number of allylic oxidation sites excluding steroid dienone is 1. The highest BCUT2D eigenvalue weighted by Gasteiger charge is 2.13. The average molecular weight is 228 g/mol. The first-order valence-electron chi connectivity index (χ1n) is 4.58. The molecule has 2 N–H and O–H groups in total. The summed E-state index contributed by atoms with van der Waals surface area (Å²) in [6.07, 6.45) is 4.15. The van der Waals surface area contributed by atoms with Gasteiger partial charge in [-0.1, -0.05) is 35.3 Å². The Labute approximate surface area is 93.5 Å². The molecule has 1 unspecified atom stereocenters. The molecular formula is C11H11Cl2N. The second kappa shape index (κ2) is 3.93. The van der Waals surface area contributed by atoms with Crippen LogP contribution in [-0.4, -0.2) is 6.04 Å². The molecule has 1 nitrogen and oxygen atoms in total. The van der Waals surface area contributed by atoms with Gasteiger partial charge in [0.05, 0.1) is 10.0 Å². The average Bonchev–Trinajstić information content (AvgIpc) is 2.57. The van der Waals surface area contributed by atoms with Gasteiger partial charge in [-0.15, -0.1) is 0 Å². The molecule has 0 amide bonds. The van der Waals surface area contributed by atoms with Crippen molar-refractivity contribution in [3.8, 4) is 0 Å². The van der Waals surface area contributed by atoms with Gasteiger partial charge in [-0.3, -0.25) is 0 Å². The molecule has 0 radical (unpaired) electrons. The maximum absolute atomic E-state index is 5.94. The number of halogens is 2. The van der Waals surface area contributed by atoms with Gasteiger partial charge in [0.25, 0.3) is 0 Å². The van der Waals surface area contributed by atoms with E-state index in [1.807, 2.05) is 18.2 Å². The molecule has 1 aliphatic carbocycles. The number of hydrogen-bond acceptors (Lipinski definition) is 1. The molecule has 2 rings (SSSR count). The van der Waals surface area contributed by atoms with Gasteiger partial charge < -0.3 is 5.73 Å². The predicted molar refractivity (Wildman–Crippen MR) is 61.6 cm³/mol. The van der Waals surface area contributed by atoms with Crippen LogP contribution in [0, 0.1) is 0 Å². The van der Waals surface area contributed by atoms with Crippen molar-refractivity contribution in [1.82, 2.24) is 0 Å². The summed E-state index contributed by atoms with van der Waals surface area (Å²) in [4.78, 5) is 0. The minimum Gasteiger partial charge on any atom is -0.324 e. The Balaban J connectivity index is 2.34. The Morgan fingerprint density at radius 2 is 2.00 bits per heavy atom. The molecule has 1 aromatic carbocycles. The van der Waals surface area contributed by atoms with Gasteiger partial charge in [-0.25, -0.2) is 0 Å². The van der Waals surface area contributed by atoms with Crippen molar-refractivity contribution < 1.29 is 0 Å². The van der Waals surface area contributed by atoms with Crippen molar-refractivity contribution >= 4 is 28.8 Å². The third-order valence-corrected chi connectivity index (χ3v) is 3.19. The second-order valence-corrected chi connectivity index (χ2v) is 4.34. The number of benzene rings is 1. The molecule has 0 aromatic heterocycles. The first-order chi connectivity index (χ1) is 6.66. The monoisotopic (exact) mass is 227 g/mol. The fourth-order valence-corrected chi connectivity index (χ4v) is 1.98. The summed E-state index contributed by atoms with van der Waals surface area (Å²) >= 11 is 11.8. The fourth-order valence-electron chi connectivity index (χ4n) is 1.68. The van der Waals surface area contributed by atoms with Crippen LogP contribution < -0.4 is 5.73 Å². The number of rotatable bonds is 1. The molecule has 0 spiro atoms. The molecule has 1 aromatic rings. The summed E-state index contributed by atoms with van der Waals surface area (Å²) in [6.45, 7) is 0. The van der Waals surface area contributed by atoms with Gasteiger partial charge in [0.2, 0.25) is 0 Å². The maximum Gasteiger partial charge on any atom is 0.0598 e. The molecule has 74 valence electrons. The summed E-state index contributed by atoms with van der Waals surface area (Å²) in [5.74, 6) is 0. The number of hydrogen-bond donors (Lipinski definition) is 1. The zero-order chi connectivity index (χ0) is 10.1. The largest absolute Gasteiger partial charge is 0.324 e. The normalized spacial score (nSPS) is 21.1. The number of nitrogens with two attached hydrogens (primary N) is 1. The van der Waals surface area contributed by atoms with Crippen molar-refractivity contribution in [2.45, 2.75) is 18.9 Å². The Morgan fingerprint density at radius 1 is 1.21 bits per heavy atom. The molecule has 0 fully saturated rings. The molecule has 0 saturated carbocycles. The van der Waals surface area contributed by atoms with Crippen LogP contribution in [0.5, 0.6) is 0 Å². The first-order valence-corrected chi connectivity index (χ1v) is 5.34. The summed E-state index contributed by atoms with van der Waals surface area (Å²) in [5.41, 5.74) is 8.20. The van der Waals surface area contributed by atoms with E-state index in [9.17, 15) is 0 Å². The minimum absolute atomic E-state index is 0.194. The molecule has 14 heavy (non-hydrogen) atoms. The molecule has 0 bridgehead atoms. The van der Waals surface area contributed by atoms with E-state index in [2.05, 4.69) is 6.08 Å². The lowest BCUT2D eigenvalue weighted by atomic mass is 10.1. The quantitative estimate of drug-likeness (QED) is 0.782. The van der Waals surface area contributed by atoms with Gasteiger partial charge in [0, 0.05) is 6.04 Å². The highest BCUT2D eigenvalue weighted by Crippen LogP contribution is 2.31. The topological polar surface area (TPSA) is 26.0 Å². The van der Waals surface area contributed by atoms with E-state index in [1.54, 1.807) is 0 Å². The van der Waals surface area contributed by atoms with Crippen LogP contribution in [0.3, 0.4) is 0 Å².